The van der Waals surface area contributed by atoms with Gasteiger partial charge < -0.3 is 10.1 Å². The van der Waals surface area contributed by atoms with E-state index in [1.807, 2.05) is 48.5 Å². The first kappa shape index (κ1) is 16.7. The highest BCUT2D eigenvalue weighted by molar-refractivity contribution is 9.10. The van der Waals surface area contributed by atoms with E-state index in [4.69, 9.17) is 4.74 Å². The summed E-state index contributed by atoms with van der Waals surface area (Å²) in [7, 11) is 1.64. The topological polar surface area (TPSA) is 51.2 Å². The van der Waals surface area contributed by atoms with Crippen LogP contribution in [0.3, 0.4) is 0 Å². The predicted octanol–water partition coefficient (Wildman–Crippen LogP) is 4.76. The van der Waals surface area contributed by atoms with Crippen molar-refractivity contribution >= 4 is 38.9 Å². The Morgan fingerprint density at radius 2 is 2.04 bits per heavy atom. The van der Waals surface area contributed by atoms with Gasteiger partial charge in [0.05, 0.1) is 12.1 Å². The second-order valence-electron chi connectivity index (χ2n) is 5.12. The maximum absolute atomic E-state index is 12.3. The number of hydrogen-bond acceptors (Lipinski definition) is 4. The van der Waals surface area contributed by atoms with Gasteiger partial charge in [-0.3, -0.25) is 4.79 Å². The van der Waals surface area contributed by atoms with Crippen LogP contribution in [-0.2, 0) is 6.42 Å². The third-order valence-corrected chi connectivity index (χ3v) is 4.72. The van der Waals surface area contributed by atoms with Gasteiger partial charge in [0.15, 0.2) is 0 Å². The average molecular weight is 403 g/mol. The van der Waals surface area contributed by atoms with Gasteiger partial charge in [0, 0.05) is 22.0 Å². The van der Waals surface area contributed by atoms with Crippen LogP contribution in [0, 0.1) is 0 Å². The van der Waals surface area contributed by atoms with E-state index in [1.165, 1.54) is 11.3 Å². The molecule has 3 aromatic rings. The molecule has 1 heterocycles. The summed E-state index contributed by atoms with van der Waals surface area (Å²) >= 11 is 4.87. The molecule has 0 spiro atoms. The third kappa shape index (κ3) is 4.21. The minimum atomic E-state index is -0.203. The Kier molecular flexibility index (Phi) is 5.27. The van der Waals surface area contributed by atoms with E-state index >= 15 is 0 Å². The molecule has 1 amide bonds. The van der Waals surface area contributed by atoms with Crippen LogP contribution in [0.15, 0.2) is 58.4 Å². The number of rotatable bonds is 5. The fraction of sp³-hybridized carbons (Fsp3) is 0.111. The van der Waals surface area contributed by atoms with E-state index in [0.717, 1.165) is 26.5 Å². The summed E-state index contributed by atoms with van der Waals surface area (Å²) in [5.41, 5.74) is 2.30. The lowest BCUT2D eigenvalue weighted by atomic mass is 10.1. The number of ether oxygens (including phenoxy) is 1. The molecule has 0 bridgehead atoms. The van der Waals surface area contributed by atoms with Crippen molar-refractivity contribution in [3.8, 4) is 5.75 Å². The molecule has 0 fully saturated rings. The number of aromatic nitrogens is 1. The van der Waals surface area contributed by atoms with Crippen LogP contribution in [0.5, 0.6) is 5.75 Å². The summed E-state index contributed by atoms with van der Waals surface area (Å²) in [5.74, 6) is 0.623. The fourth-order valence-electron chi connectivity index (χ4n) is 2.18. The van der Waals surface area contributed by atoms with Gasteiger partial charge in [0.2, 0.25) is 0 Å². The second kappa shape index (κ2) is 7.59. The van der Waals surface area contributed by atoms with Gasteiger partial charge in [-0.1, -0.05) is 34.1 Å². The molecule has 2 aromatic carbocycles. The van der Waals surface area contributed by atoms with Crippen LogP contribution < -0.4 is 10.1 Å². The molecule has 0 unspecified atom stereocenters. The number of thiazole rings is 1. The first-order valence-corrected chi connectivity index (χ1v) is 8.95. The van der Waals surface area contributed by atoms with Gasteiger partial charge in [-0.2, -0.15) is 0 Å². The average Bonchev–Trinajstić information content (AvgIpc) is 3.04. The van der Waals surface area contributed by atoms with Crippen LogP contribution in [0.4, 0.5) is 5.69 Å². The molecule has 1 aromatic heterocycles. The predicted molar refractivity (Wildman–Crippen MR) is 100 cm³/mol. The molecular formula is C18H15BrN2O2S. The van der Waals surface area contributed by atoms with Crippen LogP contribution >= 0.6 is 27.3 Å². The number of hydrogen-bond donors (Lipinski definition) is 1. The van der Waals surface area contributed by atoms with Crippen molar-refractivity contribution in [2.24, 2.45) is 0 Å². The number of methoxy groups -OCH3 is 1. The molecule has 0 aliphatic carbocycles. The zero-order valence-electron chi connectivity index (χ0n) is 13.0. The summed E-state index contributed by atoms with van der Waals surface area (Å²) in [6.07, 6.45) is 0.693. The number of carbonyl (C=O) groups is 1. The van der Waals surface area contributed by atoms with Crippen LogP contribution in [-0.4, -0.2) is 18.0 Å². The third-order valence-electron chi connectivity index (χ3n) is 3.38. The monoisotopic (exact) mass is 402 g/mol. The minimum Gasteiger partial charge on any atom is -0.497 e. The zero-order valence-corrected chi connectivity index (χ0v) is 15.4. The molecule has 0 saturated carbocycles. The summed E-state index contributed by atoms with van der Waals surface area (Å²) in [4.78, 5) is 16.7. The summed E-state index contributed by atoms with van der Waals surface area (Å²) in [6, 6.07) is 15.3. The van der Waals surface area contributed by atoms with Crippen molar-refractivity contribution in [1.82, 2.24) is 4.98 Å². The number of anilines is 1. The number of nitrogens with one attached hydrogen (secondary N) is 1. The molecule has 0 radical (unpaired) electrons. The smallest absolute Gasteiger partial charge is 0.275 e. The maximum Gasteiger partial charge on any atom is 0.275 e. The molecule has 3 rings (SSSR count). The SMILES string of the molecule is COc1ccc(Cc2nc(C(=O)Nc3cccc(Br)c3)cs2)cc1. The lowest BCUT2D eigenvalue weighted by molar-refractivity contribution is 0.102. The molecule has 0 aliphatic heterocycles. The first-order valence-electron chi connectivity index (χ1n) is 7.28. The Balaban J connectivity index is 1.66. The molecule has 1 N–H and O–H groups in total. The minimum absolute atomic E-state index is 0.203. The Hall–Kier alpha value is -2.18. The Labute approximate surface area is 152 Å². The van der Waals surface area contributed by atoms with E-state index in [9.17, 15) is 4.79 Å². The largest absolute Gasteiger partial charge is 0.497 e. The van der Waals surface area contributed by atoms with Crippen molar-refractivity contribution in [1.29, 1.82) is 0 Å². The van der Waals surface area contributed by atoms with E-state index < -0.39 is 0 Å². The molecule has 122 valence electrons. The highest BCUT2D eigenvalue weighted by Crippen LogP contribution is 2.19. The van der Waals surface area contributed by atoms with E-state index in [-0.39, 0.29) is 5.91 Å². The summed E-state index contributed by atoms with van der Waals surface area (Å²) in [6.45, 7) is 0. The van der Waals surface area contributed by atoms with Gasteiger partial charge >= 0.3 is 0 Å². The Morgan fingerprint density at radius 1 is 1.25 bits per heavy atom. The van der Waals surface area contributed by atoms with Gasteiger partial charge in [0.25, 0.3) is 5.91 Å². The number of carbonyl (C=O) groups excluding carboxylic acids is 1. The number of amides is 1. The maximum atomic E-state index is 12.3. The number of benzene rings is 2. The van der Waals surface area contributed by atoms with Gasteiger partial charge in [-0.05, 0) is 35.9 Å². The highest BCUT2D eigenvalue weighted by Gasteiger charge is 2.11. The normalized spacial score (nSPS) is 10.4. The molecule has 4 nitrogen and oxygen atoms in total. The molecule has 6 heteroatoms. The first-order chi connectivity index (χ1) is 11.6. The standard InChI is InChI=1S/C18H15BrN2O2S/c1-23-15-7-5-12(6-8-15)9-17-21-16(11-24-17)18(22)20-14-4-2-3-13(19)10-14/h2-8,10-11H,9H2,1H3,(H,20,22). The quantitative estimate of drug-likeness (QED) is 0.669. The van der Waals surface area contributed by atoms with E-state index in [2.05, 4.69) is 26.2 Å². The summed E-state index contributed by atoms with van der Waals surface area (Å²) in [5, 5.41) is 5.54. The highest BCUT2D eigenvalue weighted by atomic mass is 79.9. The molecule has 24 heavy (non-hydrogen) atoms. The van der Waals surface area contributed by atoms with Gasteiger partial charge in [-0.15, -0.1) is 11.3 Å². The Bertz CT molecular complexity index is 846. The van der Waals surface area contributed by atoms with Gasteiger partial charge in [0.1, 0.15) is 11.4 Å². The van der Waals surface area contributed by atoms with Crippen molar-refractivity contribution in [3.05, 3.63) is 74.6 Å². The van der Waals surface area contributed by atoms with Crippen molar-refractivity contribution < 1.29 is 9.53 Å². The van der Waals surface area contributed by atoms with Gasteiger partial charge in [-0.25, -0.2) is 4.98 Å². The molecular weight excluding hydrogens is 388 g/mol. The van der Waals surface area contributed by atoms with Crippen LogP contribution in [0.25, 0.3) is 0 Å². The van der Waals surface area contributed by atoms with Crippen molar-refractivity contribution in [2.45, 2.75) is 6.42 Å². The second-order valence-corrected chi connectivity index (χ2v) is 6.97. The fourth-order valence-corrected chi connectivity index (χ4v) is 3.38. The molecule has 0 atom stereocenters. The molecule has 0 aliphatic rings. The van der Waals surface area contributed by atoms with Crippen LogP contribution in [0.2, 0.25) is 0 Å². The van der Waals surface area contributed by atoms with Crippen molar-refractivity contribution in [2.75, 3.05) is 12.4 Å². The van der Waals surface area contributed by atoms with E-state index in [0.29, 0.717) is 12.1 Å². The molecule has 0 saturated heterocycles. The van der Waals surface area contributed by atoms with E-state index in [1.54, 1.807) is 12.5 Å². The zero-order chi connectivity index (χ0) is 16.9. The summed E-state index contributed by atoms with van der Waals surface area (Å²) < 4.78 is 6.07. The van der Waals surface area contributed by atoms with Crippen LogP contribution in [0.1, 0.15) is 21.1 Å². The Morgan fingerprint density at radius 3 is 2.75 bits per heavy atom. The lowest BCUT2D eigenvalue weighted by Gasteiger charge is -2.03. The number of nitrogens with zero attached hydrogens (tertiary/aromatic N) is 1. The lowest BCUT2D eigenvalue weighted by Crippen LogP contribution is -2.12. The van der Waals surface area contributed by atoms with Crippen molar-refractivity contribution in [3.63, 3.8) is 0 Å². The number of halogens is 1.